The summed E-state index contributed by atoms with van der Waals surface area (Å²) in [6, 6.07) is 9.38. The van der Waals surface area contributed by atoms with E-state index in [1.807, 2.05) is 37.3 Å². The maximum Gasteiger partial charge on any atom is 0.357 e. The second-order valence-electron chi connectivity index (χ2n) is 4.96. The van der Waals surface area contributed by atoms with Gasteiger partial charge in [-0.05, 0) is 19.1 Å². The van der Waals surface area contributed by atoms with E-state index in [0.29, 0.717) is 5.69 Å². The van der Waals surface area contributed by atoms with E-state index in [0.717, 1.165) is 15.6 Å². The Bertz CT molecular complexity index is 967. The number of esters is 1. The number of nitrogens with two attached hydrogens (primary N) is 1. The topological polar surface area (TPSA) is 107 Å². The number of anilines is 1. The van der Waals surface area contributed by atoms with Crippen molar-refractivity contribution in [3.05, 3.63) is 46.7 Å². The Kier molecular flexibility index (Phi) is 4.02. The summed E-state index contributed by atoms with van der Waals surface area (Å²) in [5.41, 5.74) is 7.89. The minimum absolute atomic E-state index is 0.0986. The molecule has 8 heteroatoms. The summed E-state index contributed by atoms with van der Waals surface area (Å²) >= 11 is 1.47. The zero-order valence-electron chi connectivity index (χ0n) is 13.0. The summed E-state index contributed by atoms with van der Waals surface area (Å²) in [4.78, 5) is 12.1. The third kappa shape index (κ3) is 2.61. The van der Waals surface area contributed by atoms with Crippen LogP contribution < -0.4 is 5.73 Å². The number of aryl methyl sites for hydroxylation is 1. The van der Waals surface area contributed by atoms with E-state index in [4.69, 9.17) is 10.5 Å². The number of ether oxygens (including phenoxy) is 1. The molecule has 0 aliphatic heterocycles. The maximum atomic E-state index is 12.1. The first kappa shape index (κ1) is 15.7. The van der Waals surface area contributed by atoms with Crippen molar-refractivity contribution in [2.24, 2.45) is 0 Å². The molecule has 0 aliphatic carbocycles. The molecular weight excluding hydrogens is 326 g/mol. The van der Waals surface area contributed by atoms with Gasteiger partial charge in [0.2, 0.25) is 0 Å². The van der Waals surface area contributed by atoms with E-state index in [1.165, 1.54) is 24.6 Å². The van der Waals surface area contributed by atoms with Crippen molar-refractivity contribution in [1.82, 2.24) is 14.8 Å². The van der Waals surface area contributed by atoms with E-state index in [-0.39, 0.29) is 16.9 Å². The number of hydrogen-bond acceptors (Lipinski definition) is 7. The van der Waals surface area contributed by atoms with Crippen molar-refractivity contribution in [3.8, 4) is 22.3 Å². The maximum absolute atomic E-state index is 12.1. The summed E-state index contributed by atoms with van der Waals surface area (Å²) in [6.07, 6.45) is 1.52. The Hall–Kier alpha value is -3.18. The Labute approximate surface area is 141 Å². The van der Waals surface area contributed by atoms with Gasteiger partial charge in [0.1, 0.15) is 16.1 Å². The number of aromatic nitrogens is 3. The van der Waals surface area contributed by atoms with Crippen LogP contribution in [0.2, 0.25) is 0 Å². The average molecular weight is 339 g/mol. The molecule has 120 valence electrons. The highest BCUT2D eigenvalue weighted by Gasteiger charge is 2.22. The van der Waals surface area contributed by atoms with Gasteiger partial charge in [0.05, 0.1) is 18.4 Å². The Morgan fingerprint density at radius 2 is 2.21 bits per heavy atom. The first-order chi connectivity index (χ1) is 11.5. The van der Waals surface area contributed by atoms with E-state index < -0.39 is 5.97 Å². The van der Waals surface area contributed by atoms with Crippen LogP contribution in [0.15, 0.2) is 30.5 Å². The monoisotopic (exact) mass is 339 g/mol. The number of benzene rings is 1. The van der Waals surface area contributed by atoms with Gasteiger partial charge >= 0.3 is 5.97 Å². The molecule has 24 heavy (non-hydrogen) atoms. The molecule has 2 N–H and O–H groups in total. The van der Waals surface area contributed by atoms with Gasteiger partial charge in [0.15, 0.2) is 5.69 Å². The third-order valence-electron chi connectivity index (χ3n) is 3.44. The first-order valence-corrected chi connectivity index (χ1v) is 7.77. The van der Waals surface area contributed by atoms with E-state index in [2.05, 4.69) is 10.2 Å². The molecule has 1 aromatic carbocycles. The Morgan fingerprint density at radius 3 is 2.83 bits per heavy atom. The van der Waals surface area contributed by atoms with Crippen molar-refractivity contribution < 1.29 is 9.53 Å². The lowest BCUT2D eigenvalue weighted by Crippen LogP contribution is -2.11. The molecule has 0 fully saturated rings. The largest absolute Gasteiger partial charge is 0.464 e. The number of carbonyl (C=O) groups excluding carboxylic acids is 1. The van der Waals surface area contributed by atoms with Gasteiger partial charge in [-0.15, -0.1) is 10.2 Å². The molecule has 2 aromatic heterocycles. The molecule has 7 nitrogen and oxygen atoms in total. The predicted octanol–water partition coefficient (Wildman–Crippen LogP) is 2.54. The van der Waals surface area contributed by atoms with E-state index in [9.17, 15) is 10.1 Å². The van der Waals surface area contributed by atoms with Gasteiger partial charge in [-0.3, -0.25) is 0 Å². The Morgan fingerprint density at radius 1 is 1.42 bits per heavy atom. The number of nitrogens with zero attached hydrogens (tertiary/aromatic N) is 4. The van der Waals surface area contributed by atoms with Crippen molar-refractivity contribution in [2.75, 3.05) is 12.8 Å². The number of hydrogen-bond donors (Lipinski definition) is 1. The highest BCUT2D eigenvalue weighted by atomic mass is 32.1. The SMILES string of the molecule is COC(=O)c1c(N)c(C#N)cn1-c1cccc(-c2nnc(C)s2)c1. The number of nitrogen functional groups attached to an aromatic ring is 1. The molecule has 0 saturated heterocycles. The molecule has 0 saturated carbocycles. The highest BCUT2D eigenvalue weighted by Crippen LogP contribution is 2.28. The van der Waals surface area contributed by atoms with Crippen LogP contribution in [0.4, 0.5) is 5.69 Å². The smallest absolute Gasteiger partial charge is 0.357 e. The molecule has 0 spiro atoms. The van der Waals surface area contributed by atoms with Crippen LogP contribution >= 0.6 is 11.3 Å². The van der Waals surface area contributed by atoms with E-state index >= 15 is 0 Å². The number of rotatable bonds is 3. The molecule has 2 heterocycles. The van der Waals surface area contributed by atoms with Gasteiger partial charge in [-0.2, -0.15) is 5.26 Å². The van der Waals surface area contributed by atoms with E-state index in [1.54, 1.807) is 4.57 Å². The molecule has 3 aromatic rings. The van der Waals surface area contributed by atoms with Gasteiger partial charge in [0, 0.05) is 17.4 Å². The van der Waals surface area contributed by atoms with Gasteiger partial charge in [-0.1, -0.05) is 23.5 Å². The van der Waals surface area contributed by atoms with Crippen molar-refractivity contribution in [3.63, 3.8) is 0 Å². The third-order valence-corrected chi connectivity index (χ3v) is 4.33. The summed E-state index contributed by atoms with van der Waals surface area (Å²) in [5.74, 6) is -0.605. The lowest BCUT2D eigenvalue weighted by molar-refractivity contribution is 0.0593. The van der Waals surface area contributed by atoms with Crippen LogP contribution in [-0.4, -0.2) is 27.8 Å². The second kappa shape index (κ2) is 6.14. The standard InChI is InChI=1S/C16H13N5O2S/c1-9-19-20-15(24-9)10-4-3-5-12(6-10)21-8-11(7-17)13(18)14(21)16(22)23-2/h3-6,8H,18H2,1-2H3. The van der Waals surface area contributed by atoms with Gasteiger partial charge < -0.3 is 15.0 Å². The molecule has 0 atom stereocenters. The van der Waals surface area contributed by atoms with Crippen LogP contribution in [0.1, 0.15) is 21.1 Å². The molecular formula is C16H13N5O2S. The van der Waals surface area contributed by atoms with Crippen molar-refractivity contribution in [2.45, 2.75) is 6.92 Å². The zero-order chi connectivity index (χ0) is 17.3. The van der Waals surface area contributed by atoms with Crippen LogP contribution in [0.5, 0.6) is 0 Å². The number of nitriles is 1. The molecule has 0 aliphatic rings. The molecule has 0 radical (unpaired) electrons. The van der Waals surface area contributed by atoms with Crippen LogP contribution in [-0.2, 0) is 4.74 Å². The van der Waals surface area contributed by atoms with Gasteiger partial charge in [-0.25, -0.2) is 4.79 Å². The fourth-order valence-corrected chi connectivity index (χ4v) is 3.01. The number of carbonyl (C=O) groups is 1. The fraction of sp³-hybridized carbons (Fsp3) is 0.125. The molecule has 3 rings (SSSR count). The molecule has 0 unspecified atom stereocenters. The van der Waals surface area contributed by atoms with Gasteiger partial charge in [0.25, 0.3) is 0 Å². The summed E-state index contributed by atoms with van der Waals surface area (Å²) in [7, 11) is 1.27. The van der Waals surface area contributed by atoms with Crippen LogP contribution in [0.3, 0.4) is 0 Å². The summed E-state index contributed by atoms with van der Waals surface area (Å²) in [6.45, 7) is 1.88. The fourth-order valence-electron chi connectivity index (χ4n) is 2.32. The van der Waals surface area contributed by atoms with Crippen LogP contribution in [0.25, 0.3) is 16.3 Å². The minimum Gasteiger partial charge on any atom is -0.464 e. The predicted molar refractivity (Wildman–Crippen MR) is 89.9 cm³/mol. The summed E-state index contributed by atoms with van der Waals surface area (Å²) in [5, 5.41) is 19.0. The number of methoxy groups -OCH3 is 1. The normalized spacial score (nSPS) is 10.4. The minimum atomic E-state index is -0.605. The molecule has 0 amide bonds. The molecule has 0 bridgehead atoms. The quantitative estimate of drug-likeness (QED) is 0.735. The zero-order valence-corrected chi connectivity index (χ0v) is 13.8. The van der Waals surface area contributed by atoms with Crippen molar-refractivity contribution >= 4 is 23.0 Å². The lowest BCUT2D eigenvalue weighted by atomic mass is 10.2. The average Bonchev–Trinajstić information content (AvgIpc) is 3.17. The summed E-state index contributed by atoms with van der Waals surface area (Å²) < 4.78 is 6.34. The Balaban J connectivity index is 2.16. The second-order valence-corrected chi connectivity index (χ2v) is 6.14. The highest BCUT2D eigenvalue weighted by molar-refractivity contribution is 7.14. The lowest BCUT2D eigenvalue weighted by Gasteiger charge is -2.09. The van der Waals surface area contributed by atoms with Crippen molar-refractivity contribution in [1.29, 1.82) is 5.26 Å². The first-order valence-electron chi connectivity index (χ1n) is 6.95. The van der Waals surface area contributed by atoms with Crippen LogP contribution in [0, 0.1) is 18.3 Å².